The molecule has 2 aromatic rings. The molecule has 0 aliphatic heterocycles. The van der Waals surface area contributed by atoms with E-state index in [9.17, 15) is 13.2 Å². The Bertz CT molecular complexity index is 836. The number of rotatable bonds is 6. The van der Waals surface area contributed by atoms with Crippen LogP contribution in [0.2, 0.25) is 0 Å². The number of amides is 1. The fourth-order valence-corrected chi connectivity index (χ4v) is 4.98. The molecular formula is C14H20N4O3S2. The Labute approximate surface area is 139 Å². The van der Waals surface area contributed by atoms with Gasteiger partial charge in [0.1, 0.15) is 4.21 Å². The molecule has 2 aromatic heterocycles. The molecule has 0 aromatic carbocycles. The first-order valence-corrected chi connectivity index (χ1v) is 9.48. The second kappa shape index (κ2) is 6.42. The third-order valence-corrected chi connectivity index (χ3v) is 6.61. The van der Waals surface area contributed by atoms with Crippen LogP contribution in [0.5, 0.6) is 0 Å². The first-order chi connectivity index (χ1) is 10.7. The van der Waals surface area contributed by atoms with Crippen molar-refractivity contribution in [3.63, 3.8) is 0 Å². The van der Waals surface area contributed by atoms with Crippen molar-refractivity contribution in [2.75, 3.05) is 0 Å². The highest BCUT2D eigenvalue weighted by Crippen LogP contribution is 2.25. The van der Waals surface area contributed by atoms with E-state index in [2.05, 4.69) is 9.82 Å². The lowest BCUT2D eigenvalue weighted by molar-refractivity contribution is 0.100. The zero-order chi connectivity index (χ0) is 17.4. The molecule has 9 heteroatoms. The monoisotopic (exact) mass is 356 g/mol. The Morgan fingerprint density at radius 2 is 2.13 bits per heavy atom. The standard InChI is InChI=1S/C14H20N4O3S2/c1-5-18-10(4)13(8(2)16-18)9(3)17-23(20,21)12-6-11(7-22-12)14(15)19/h6-7,9,17H,5H2,1-4H3,(H2,15,19)/t9-/m1/s1. The Morgan fingerprint density at radius 3 is 2.61 bits per heavy atom. The lowest BCUT2D eigenvalue weighted by Gasteiger charge is -2.14. The van der Waals surface area contributed by atoms with Crippen molar-refractivity contribution in [1.29, 1.82) is 0 Å². The molecular weight excluding hydrogens is 336 g/mol. The quantitative estimate of drug-likeness (QED) is 0.821. The molecule has 0 saturated carbocycles. The van der Waals surface area contributed by atoms with E-state index < -0.39 is 22.0 Å². The Hall–Kier alpha value is -1.71. The summed E-state index contributed by atoms with van der Waals surface area (Å²) < 4.78 is 29.5. The van der Waals surface area contributed by atoms with E-state index in [1.807, 2.05) is 25.5 Å². The van der Waals surface area contributed by atoms with Gasteiger partial charge in [-0.05, 0) is 33.8 Å². The van der Waals surface area contributed by atoms with E-state index in [0.29, 0.717) is 0 Å². The van der Waals surface area contributed by atoms with Crippen LogP contribution in [0.1, 0.15) is 47.2 Å². The van der Waals surface area contributed by atoms with Crippen molar-refractivity contribution in [2.24, 2.45) is 5.73 Å². The first-order valence-electron chi connectivity index (χ1n) is 7.12. The van der Waals surface area contributed by atoms with E-state index in [0.717, 1.165) is 34.8 Å². The lowest BCUT2D eigenvalue weighted by Crippen LogP contribution is -2.27. The Morgan fingerprint density at radius 1 is 1.48 bits per heavy atom. The number of nitrogens with zero attached hydrogens (tertiary/aromatic N) is 2. The molecule has 0 aliphatic carbocycles. The van der Waals surface area contributed by atoms with Gasteiger partial charge in [0.15, 0.2) is 0 Å². The molecule has 0 radical (unpaired) electrons. The molecule has 0 fully saturated rings. The van der Waals surface area contributed by atoms with Crippen LogP contribution in [0.3, 0.4) is 0 Å². The predicted octanol–water partition coefficient (Wildman–Crippen LogP) is 1.72. The number of nitrogens with one attached hydrogen (secondary N) is 1. The highest BCUT2D eigenvalue weighted by molar-refractivity contribution is 7.91. The highest BCUT2D eigenvalue weighted by Gasteiger charge is 2.24. The van der Waals surface area contributed by atoms with Crippen molar-refractivity contribution in [2.45, 2.75) is 44.5 Å². The van der Waals surface area contributed by atoms with E-state index in [1.165, 1.54) is 11.4 Å². The van der Waals surface area contributed by atoms with E-state index in [1.54, 1.807) is 6.92 Å². The van der Waals surface area contributed by atoms with Crippen LogP contribution in [0.25, 0.3) is 0 Å². The summed E-state index contributed by atoms with van der Waals surface area (Å²) in [7, 11) is -3.73. The van der Waals surface area contributed by atoms with Gasteiger partial charge >= 0.3 is 0 Å². The van der Waals surface area contributed by atoms with Gasteiger partial charge in [0.25, 0.3) is 10.0 Å². The molecule has 126 valence electrons. The van der Waals surface area contributed by atoms with Crippen molar-refractivity contribution in [3.8, 4) is 0 Å². The molecule has 0 spiro atoms. The summed E-state index contributed by atoms with van der Waals surface area (Å²) in [6.07, 6.45) is 0. The van der Waals surface area contributed by atoms with Crippen LogP contribution in [0.15, 0.2) is 15.7 Å². The molecule has 0 aliphatic rings. The second-order valence-corrected chi connectivity index (χ2v) is 8.11. The summed E-state index contributed by atoms with van der Waals surface area (Å²) in [5.74, 6) is -0.647. The molecule has 1 amide bonds. The van der Waals surface area contributed by atoms with Gasteiger partial charge in [-0.1, -0.05) is 0 Å². The van der Waals surface area contributed by atoms with Crippen LogP contribution in [0, 0.1) is 13.8 Å². The maximum Gasteiger partial charge on any atom is 0.250 e. The predicted molar refractivity (Wildman–Crippen MR) is 88.9 cm³/mol. The van der Waals surface area contributed by atoms with Crippen LogP contribution >= 0.6 is 11.3 Å². The average molecular weight is 356 g/mol. The van der Waals surface area contributed by atoms with E-state index in [-0.39, 0.29) is 9.77 Å². The second-order valence-electron chi connectivity index (χ2n) is 5.26. The van der Waals surface area contributed by atoms with Gasteiger partial charge in [-0.15, -0.1) is 11.3 Å². The minimum absolute atomic E-state index is 0.0661. The molecule has 2 heterocycles. The lowest BCUT2D eigenvalue weighted by atomic mass is 10.1. The molecule has 1 atom stereocenters. The van der Waals surface area contributed by atoms with E-state index in [4.69, 9.17) is 5.73 Å². The number of carbonyl (C=O) groups is 1. The number of sulfonamides is 1. The molecule has 2 rings (SSSR count). The van der Waals surface area contributed by atoms with Gasteiger partial charge in [0, 0.05) is 29.2 Å². The van der Waals surface area contributed by atoms with Crippen LogP contribution < -0.4 is 10.5 Å². The smallest absolute Gasteiger partial charge is 0.250 e. The summed E-state index contributed by atoms with van der Waals surface area (Å²) in [5, 5.41) is 5.84. The topological polar surface area (TPSA) is 107 Å². The molecule has 0 unspecified atom stereocenters. The SMILES string of the molecule is CCn1nc(C)c([C@@H](C)NS(=O)(=O)c2cc(C(N)=O)cs2)c1C. The number of aryl methyl sites for hydroxylation is 2. The molecule has 0 saturated heterocycles. The number of primary amides is 1. The largest absolute Gasteiger partial charge is 0.366 e. The molecule has 7 nitrogen and oxygen atoms in total. The third kappa shape index (κ3) is 3.46. The van der Waals surface area contributed by atoms with Gasteiger partial charge in [-0.2, -0.15) is 5.10 Å². The number of nitrogens with two attached hydrogens (primary N) is 1. The molecule has 0 bridgehead atoms. The van der Waals surface area contributed by atoms with Crippen molar-refractivity contribution < 1.29 is 13.2 Å². The normalized spacial score (nSPS) is 13.2. The molecule has 23 heavy (non-hydrogen) atoms. The maximum absolute atomic E-state index is 12.5. The Balaban J connectivity index is 2.29. The van der Waals surface area contributed by atoms with E-state index >= 15 is 0 Å². The van der Waals surface area contributed by atoms with Crippen molar-refractivity contribution >= 4 is 27.3 Å². The highest BCUT2D eigenvalue weighted by atomic mass is 32.2. The maximum atomic E-state index is 12.5. The molecule has 3 N–H and O–H groups in total. The zero-order valence-corrected chi connectivity index (χ0v) is 15.1. The number of thiophene rings is 1. The summed E-state index contributed by atoms with van der Waals surface area (Å²) in [6.45, 7) is 8.25. The fraction of sp³-hybridized carbons (Fsp3) is 0.429. The minimum atomic E-state index is -3.73. The number of hydrogen-bond donors (Lipinski definition) is 2. The number of hydrogen-bond acceptors (Lipinski definition) is 5. The van der Waals surface area contributed by atoms with Crippen molar-refractivity contribution in [1.82, 2.24) is 14.5 Å². The van der Waals surface area contributed by atoms with Gasteiger partial charge in [-0.3, -0.25) is 9.48 Å². The van der Waals surface area contributed by atoms with Crippen molar-refractivity contribution in [3.05, 3.63) is 34.0 Å². The minimum Gasteiger partial charge on any atom is -0.366 e. The Kier molecular flexibility index (Phi) is 4.92. The zero-order valence-electron chi connectivity index (χ0n) is 13.5. The average Bonchev–Trinajstić information content (AvgIpc) is 3.03. The summed E-state index contributed by atoms with van der Waals surface area (Å²) >= 11 is 0.968. The summed E-state index contributed by atoms with van der Waals surface area (Å²) in [4.78, 5) is 11.1. The van der Waals surface area contributed by atoms with Gasteiger partial charge in [0.2, 0.25) is 5.91 Å². The van der Waals surface area contributed by atoms with Crippen LogP contribution in [-0.4, -0.2) is 24.1 Å². The summed E-state index contributed by atoms with van der Waals surface area (Å²) in [6, 6.07) is 0.858. The first kappa shape index (κ1) is 17.6. The van der Waals surface area contributed by atoms with Crippen LogP contribution in [0.4, 0.5) is 0 Å². The summed E-state index contributed by atoms with van der Waals surface area (Å²) in [5.41, 5.74) is 7.94. The number of carbonyl (C=O) groups excluding carboxylic acids is 1. The van der Waals surface area contributed by atoms with Gasteiger partial charge in [0.05, 0.1) is 11.3 Å². The fourth-order valence-electron chi connectivity index (χ4n) is 2.58. The van der Waals surface area contributed by atoms with Gasteiger partial charge in [-0.25, -0.2) is 13.1 Å². The van der Waals surface area contributed by atoms with Crippen LogP contribution in [-0.2, 0) is 16.6 Å². The number of aromatic nitrogens is 2. The third-order valence-electron chi connectivity index (χ3n) is 3.63. The van der Waals surface area contributed by atoms with Gasteiger partial charge < -0.3 is 5.73 Å².